The van der Waals surface area contributed by atoms with E-state index in [1.165, 1.54) is 20.9 Å². The number of nitrogens with zero attached hydrogens (tertiary/aromatic N) is 3. The number of rotatable bonds is 12. The second-order valence-corrected chi connectivity index (χ2v) is 14.9. The molecule has 0 aliphatic carbocycles. The molecule has 3 N–H and O–H groups in total. The highest BCUT2D eigenvalue weighted by Crippen LogP contribution is 2.32. The van der Waals surface area contributed by atoms with Crippen LogP contribution in [0.5, 0.6) is 0 Å². The number of urea groups is 1. The summed E-state index contributed by atoms with van der Waals surface area (Å²) in [6, 6.07) is 2.98. The minimum absolute atomic E-state index is 0.171. The molecular formula is C27H41N5O6S2. The maximum absolute atomic E-state index is 13.1. The van der Waals surface area contributed by atoms with Gasteiger partial charge in [-0.25, -0.2) is 21.6 Å². The number of sulfone groups is 1. The smallest absolute Gasteiger partial charge is 0.318 e. The third-order valence-electron chi connectivity index (χ3n) is 7.57. The molecule has 0 radical (unpaired) electrons. The largest absolute Gasteiger partial charge is 0.351 e. The van der Waals surface area contributed by atoms with E-state index in [0.717, 1.165) is 42.4 Å². The number of aryl methyl sites for hydroxylation is 2. The highest BCUT2D eigenvalue weighted by atomic mass is 32.2. The first kappa shape index (κ1) is 31.8. The molecule has 0 unspecified atom stereocenters. The Morgan fingerprint density at radius 3 is 2.23 bits per heavy atom. The lowest BCUT2D eigenvalue weighted by Gasteiger charge is -2.34. The van der Waals surface area contributed by atoms with Crippen LogP contribution in [0.4, 0.5) is 10.5 Å². The van der Waals surface area contributed by atoms with Gasteiger partial charge in [-0.05, 0) is 74.4 Å². The number of piperidine rings is 1. The van der Waals surface area contributed by atoms with Crippen LogP contribution in [0.15, 0.2) is 22.5 Å². The van der Waals surface area contributed by atoms with E-state index >= 15 is 0 Å². The second kappa shape index (κ2) is 12.8. The summed E-state index contributed by atoms with van der Waals surface area (Å²) in [6.07, 6.45) is 8.29. The third kappa shape index (κ3) is 8.14. The van der Waals surface area contributed by atoms with Crippen LogP contribution in [-0.4, -0.2) is 76.6 Å². The number of unbranched alkanes of at least 4 members (excludes halogenated alkanes) is 4. The molecule has 1 aromatic rings. The van der Waals surface area contributed by atoms with Crippen molar-refractivity contribution in [2.45, 2.75) is 70.8 Å². The van der Waals surface area contributed by atoms with E-state index in [1.54, 1.807) is 25.3 Å². The van der Waals surface area contributed by atoms with Crippen molar-refractivity contribution in [1.82, 2.24) is 9.62 Å². The summed E-state index contributed by atoms with van der Waals surface area (Å²) in [5.74, 6) is 0.688. The van der Waals surface area contributed by atoms with Gasteiger partial charge in [-0.1, -0.05) is 19.3 Å². The van der Waals surface area contributed by atoms with Crippen molar-refractivity contribution < 1.29 is 26.4 Å². The van der Waals surface area contributed by atoms with Crippen molar-refractivity contribution in [2.75, 3.05) is 37.0 Å². The first-order chi connectivity index (χ1) is 18.6. The fourth-order valence-corrected chi connectivity index (χ4v) is 7.02. The molecule has 13 heteroatoms. The van der Waals surface area contributed by atoms with Crippen molar-refractivity contribution in [1.29, 1.82) is 0 Å². The SMILES string of the molecule is Cc1cc(N(C)C(N)=O)cc(C)c1C=CS(=O)(=O)N1CCC2(CC1)N=C(CCCCCCCS(C)(=O)=O)NC2=O. The fraction of sp³-hybridized carbons (Fsp3) is 0.593. The summed E-state index contributed by atoms with van der Waals surface area (Å²) >= 11 is 0. The summed E-state index contributed by atoms with van der Waals surface area (Å²) in [5, 5.41) is 4.08. The maximum atomic E-state index is 13.1. The normalized spacial score (nSPS) is 17.8. The van der Waals surface area contributed by atoms with Crippen molar-refractivity contribution in [3.63, 3.8) is 0 Å². The molecule has 0 bridgehead atoms. The van der Waals surface area contributed by atoms with E-state index < -0.39 is 31.4 Å². The van der Waals surface area contributed by atoms with Crippen molar-refractivity contribution in [2.24, 2.45) is 10.7 Å². The van der Waals surface area contributed by atoms with Crippen LogP contribution in [0, 0.1) is 13.8 Å². The van der Waals surface area contributed by atoms with Crippen LogP contribution in [0.1, 0.15) is 68.1 Å². The van der Waals surface area contributed by atoms with E-state index in [9.17, 15) is 26.4 Å². The van der Waals surface area contributed by atoms with E-state index in [4.69, 9.17) is 10.7 Å². The van der Waals surface area contributed by atoms with Gasteiger partial charge in [0, 0.05) is 49.7 Å². The second-order valence-electron chi connectivity index (χ2n) is 10.8. The molecule has 1 saturated heterocycles. The van der Waals surface area contributed by atoms with Crippen molar-refractivity contribution in [3.8, 4) is 0 Å². The van der Waals surface area contributed by atoms with Gasteiger partial charge in [-0.15, -0.1) is 0 Å². The molecule has 3 rings (SSSR count). The average molecular weight is 596 g/mol. The van der Waals surface area contributed by atoms with Crippen LogP contribution >= 0.6 is 0 Å². The Bertz CT molecular complexity index is 1370. The zero-order chi connectivity index (χ0) is 29.7. The monoisotopic (exact) mass is 595 g/mol. The highest BCUT2D eigenvalue weighted by molar-refractivity contribution is 7.92. The Morgan fingerprint density at radius 1 is 1.07 bits per heavy atom. The minimum Gasteiger partial charge on any atom is -0.351 e. The van der Waals surface area contributed by atoms with Gasteiger partial charge < -0.3 is 11.1 Å². The number of primary amides is 1. The number of sulfonamides is 1. The number of hydrogen-bond acceptors (Lipinski definition) is 7. The quantitative estimate of drug-likeness (QED) is 0.354. The van der Waals surface area contributed by atoms with E-state index in [2.05, 4.69) is 5.32 Å². The topological polar surface area (TPSA) is 159 Å². The fourth-order valence-electron chi connectivity index (χ4n) is 5.12. The van der Waals surface area contributed by atoms with E-state index in [-0.39, 0.29) is 24.7 Å². The molecule has 3 amide bonds. The van der Waals surface area contributed by atoms with Gasteiger partial charge in [0.25, 0.3) is 5.91 Å². The van der Waals surface area contributed by atoms with Crippen molar-refractivity contribution >= 4 is 49.4 Å². The highest BCUT2D eigenvalue weighted by Gasteiger charge is 2.46. The number of hydrogen-bond donors (Lipinski definition) is 2. The van der Waals surface area contributed by atoms with Gasteiger partial charge >= 0.3 is 6.03 Å². The molecule has 1 fully saturated rings. The Labute approximate surface area is 237 Å². The lowest BCUT2D eigenvalue weighted by molar-refractivity contribution is -0.124. The molecule has 1 spiro atoms. The number of benzene rings is 1. The number of nitrogens with two attached hydrogens (primary N) is 1. The van der Waals surface area contributed by atoms with Gasteiger partial charge in [-0.2, -0.15) is 4.31 Å². The molecule has 40 heavy (non-hydrogen) atoms. The van der Waals surface area contributed by atoms with Crippen LogP contribution < -0.4 is 16.0 Å². The van der Waals surface area contributed by atoms with Crippen LogP contribution in [0.3, 0.4) is 0 Å². The summed E-state index contributed by atoms with van der Waals surface area (Å²) in [5.41, 5.74) is 7.43. The zero-order valence-corrected chi connectivity index (χ0v) is 25.4. The molecule has 2 heterocycles. The van der Waals surface area contributed by atoms with Gasteiger partial charge in [0.1, 0.15) is 21.2 Å². The Morgan fingerprint density at radius 2 is 1.65 bits per heavy atom. The summed E-state index contributed by atoms with van der Waals surface area (Å²) in [7, 11) is -5.06. The lowest BCUT2D eigenvalue weighted by Crippen LogP contribution is -2.50. The number of carbonyl (C=O) groups excluding carboxylic acids is 2. The number of aliphatic imine (C=N–C) groups is 1. The Hall–Kier alpha value is -2.77. The van der Waals surface area contributed by atoms with Gasteiger partial charge in [0.15, 0.2) is 0 Å². The predicted molar refractivity (Wildman–Crippen MR) is 158 cm³/mol. The standard InChI is InChI=1S/C27H41N5O6S2/c1-20-18-22(31(3)26(28)34)19-21(2)23(20)11-17-40(37,38)32-14-12-27(13-15-32)25(33)29-24(30-27)10-8-6-5-7-9-16-39(4,35)36/h11,17-19H,5-10,12-16H2,1-4H3,(H2,28,34)(H,29,30,33). The van der Waals surface area contributed by atoms with E-state index in [1.807, 2.05) is 13.8 Å². The number of amidine groups is 1. The molecule has 0 saturated carbocycles. The van der Waals surface area contributed by atoms with Gasteiger partial charge in [-0.3, -0.25) is 14.7 Å². The van der Waals surface area contributed by atoms with Crippen LogP contribution in [0.25, 0.3) is 6.08 Å². The molecule has 2 aliphatic rings. The average Bonchev–Trinajstić information content (AvgIpc) is 3.15. The summed E-state index contributed by atoms with van der Waals surface area (Å²) in [4.78, 5) is 30.3. The van der Waals surface area contributed by atoms with Crippen molar-refractivity contribution in [3.05, 3.63) is 34.2 Å². The molecule has 1 aromatic carbocycles. The molecular weight excluding hydrogens is 554 g/mol. The minimum atomic E-state index is -3.72. The zero-order valence-electron chi connectivity index (χ0n) is 23.8. The number of nitrogens with one attached hydrogen (secondary N) is 1. The number of amides is 3. The van der Waals surface area contributed by atoms with Gasteiger partial charge in [0.05, 0.1) is 0 Å². The Kier molecular flexibility index (Phi) is 10.2. The number of carbonyl (C=O) groups is 2. The van der Waals surface area contributed by atoms with Crippen LogP contribution in [0.2, 0.25) is 0 Å². The molecule has 222 valence electrons. The first-order valence-corrected chi connectivity index (χ1v) is 17.1. The summed E-state index contributed by atoms with van der Waals surface area (Å²) in [6.45, 7) is 4.07. The molecule has 0 atom stereocenters. The lowest BCUT2D eigenvalue weighted by atomic mass is 9.89. The number of anilines is 1. The van der Waals surface area contributed by atoms with E-state index in [0.29, 0.717) is 37.2 Å². The molecule has 0 aromatic heterocycles. The first-order valence-electron chi connectivity index (χ1n) is 13.5. The van der Waals surface area contributed by atoms with Crippen LogP contribution in [-0.2, 0) is 24.7 Å². The summed E-state index contributed by atoms with van der Waals surface area (Å²) < 4.78 is 50.0. The Balaban J connectivity index is 1.55. The maximum Gasteiger partial charge on any atom is 0.318 e. The molecule has 2 aliphatic heterocycles. The molecule has 11 nitrogen and oxygen atoms in total. The van der Waals surface area contributed by atoms with Gasteiger partial charge in [0.2, 0.25) is 10.0 Å². The third-order valence-corrected chi connectivity index (χ3v) is 10.2. The predicted octanol–water partition coefficient (Wildman–Crippen LogP) is 2.87.